The maximum atomic E-state index is 6.99. The minimum absolute atomic E-state index is 0.522. The largest absolute Gasteiger partial charge is 0.456 e. The highest BCUT2D eigenvalue weighted by Gasteiger charge is 2.51. The molecule has 11 rings (SSSR count). The minimum Gasteiger partial charge on any atom is -0.456 e. The lowest BCUT2D eigenvalue weighted by atomic mass is 9.65. The Morgan fingerprint density at radius 2 is 0.926 bits per heavy atom. The zero-order valence-electron chi connectivity index (χ0n) is 29.3. The van der Waals surface area contributed by atoms with Crippen molar-refractivity contribution >= 4 is 10.8 Å². The van der Waals surface area contributed by atoms with E-state index in [2.05, 4.69) is 188 Å². The Kier molecular flexibility index (Phi) is 6.77. The first-order chi connectivity index (χ1) is 26.8. The third-order valence-electron chi connectivity index (χ3n) is 11.2. The molecule has 0 N–H and O–H groups in total. The van der Waals surface area contributed by atoms with Gasteiger partial charge in [-0.25, -0.2) is 9.97 Å². The first-order valence-electron chi connectivity index (χ1n) is 18.4. The minimum atomic E-state index is -0.522. The Morgan fingerprint density at radius 1 is 0.370 bits per heavy atom. The summed E-state index contributed by atoms with van der Waals surface area (Å²) in [6.07, 6.45) is 0. The van der Waals surface area contributed by atoms with E-state index < -0.39 is 5.41 Å². The molecule has 54 heavy (non-hydrogen) atoms. The number of aromatic nitrogens is 2. The summed E-state index contributed by atoms with van der Waals surface area (Å²) in [5.74, 6) is 2.42. The van der Waals surface area contributed by atoms with Gasteiger partial charge in [-0.2, -0.15) is 0 Å². The van der Waals surface area contributed by atoms with Crippen LogP contribution in [-0.4, -0.2) is 9.97 Å². The van der Waals surface area contributed by atoms with Crippen LogP contribution in [0, 0.1) is 0 Å². The molecule has 0 saturated heterocycles. The summed E-state index contributed by atoms with van der Waals surface area (Å²) in [6, 6.07) is 68.8. The standard InChI is InChI=1S/C51H32N2O/c1-2-16-34(17-3-1)46-32-47(41-25-13-18-33-15-4-5-21-37(33)41)53-50(52-46)36-20-12-19-35(31-36)38-24-14-29-45-49(38)54-48-30-11-10-28-44(48)51(45)42-26-8-6-22-39(42)40-23-7-9-27-43(40)51/h1-32H. The SMILES string of the molecule is c1ccc(-c2cc(-c3cccc4ccccc34)nc(-c3cccc(-c4cccc5c4Oc4ccccc4C54c5ccccc5-c5ccccc54)c3)n2)cc1. The molecule has 3 heteroatoms. The molecule has 0 saturated carbocycles. The third kappa shape index (κ3) is 4.49. The van der Waals surface area contributed by atoms with Crippen molar-refractivity contribution in [2.75, 3.05) is 0 Å². The topological polar surface area (TPSA) is 35.0 Å². The number of nitrogens with zero attached hydrogens (tertiary/aromatic N) is 2. The summed E-state index contributed by atoms with van der Waals surface area (Å²) in [7, 11) is 0. The number of benzene rings is 8. The Labute approximate surface area is 313 Å². The van der Waals surface area contributed by atoms with Gasteiger partial charge in [0.15, 0.2) is 5.82 Å². The van der Waals surface area contributed by atoms with Crippen molar-refractivity contribution in [1.29, 1.82) is 0 Å². The molecule has 0 bridgehead atoms. The molecular weight excluding hydrogens is 657 g/mol. The van der Waals surface area contributed by atoms with Gasteiger partial charge in [-0.3, -0.25) is 0 Å². The lowest BCUT2D eigenvalue weighted by Gasteiger charge is -2.40. The van der Waals surface area contributed by atoms with Gasteiger partial charge in [0.05, 0.1) is 16.8 Å². The van der Waals surface area contributed by atoms with E-state index in [4.69, 9.17) is 14.7 Å². The summed E-state index contributed by atoms with van der Waals surface area (Å²) < 4.78 is 6.99. The molecule has 0 atom stereocenters. The highest BCUT2D eigenvalue weighted by molar-refractivity contribution is 5.97. The highest BCUT2D eigenvalue weighted by atomic mass is 16.5. The van der Waals surface area contributed by atoms with Crippen LogP contribution >= 0.6 is 0 Å². The number of hydrogen-bond donors (Lipinski definition) is 0. The molecule has 0 amide bonds. The summed E-state index contributed by atoms with van der Waals surface area (Å²) >= 11 is 0. The van der Waals surface area contributed by atoms with Gasteiger partial charge in [-0.05, 0) is 56.8 Å². The quantitative estimate of drug-likeness (QED) is 0.185. The Hall–Kier alpha value is -7.10. The molecule has 1 aromatic heterocycles. The molecule has 2 heterocycles. The Morgan fingerprint density at radius 3 is 1.76 bits per heavy atom. The molecule has 1 aliphatic carbocycles. The maximum absolute atomic E-state index is 6.99. The zero-order valence-corrected chi connectivity index (χ0v) is 29.3. The van der Waals surface area contributed by atoms with Gasteiger partial charge in [-0.15, -0.1) is 0 Å². The number of fused-ring (bicyclic) bond motifs is 10. The van der Waals surface area contributed by atoms with Crippen LogP contribution in [-0.2, 0) is 5.41 Å². The van der Waals surface area contributed by atoms with Crippen molar-refractivity contribution in [2.24, 2.45) is 0 Å². The van der Waals surface area contributed by atoms with Crippen LogP contribution in [0.4, 0.5) is 0 Å². The second-order valence-corrected chi connectivity index (χ2v) is 14.1. The summed E-state index contributed by atoms with van der Waals surface area (Å²) in [4.78, 5) is 10.5. The van der Waals surface area contributed by atoms with Gasteiger partial charge in [-0.1, -0.05) is 176 Å². The van der Waals surface area contributed by atoms with E-state index in [0.29, 0.717) is 5.82 Å². The van der Waals surface area contributed by atoms with E-state index in [-0.39, 0.29) is 0 Å². The zero-order chi connectivity index (χ0) is 35.6. The van der Waals surface area contributed by atoms with Crippen LogP contribution in [0.2, 0.25) is 0 Å². The van der Waals surface area contributed by atoms with Crippen LogP contribution in [0.25, 0.3) is 66.9 Å². The van der Waals surface area contributed by atoms with Crippen LogP contribution in [0.1, 0.15) is 22.3 Å². The smallest absolute Gasteiger partial charge is 0.160 e. The van der Waals surface area contributed by atoms with Crippen LogP contribution in [0.3, 0.4) is 0 Å². The summed E-state index contributed by atoms with van der Waals surface area (Å²) in [5.41, 5.74) is 13.8. The fraction of sp³-hybridized carbons (Fsp3) is 0.0196. The lowest BCUT2D eigenvalue weighted by molar-refractivity contribution is 0.438. The van der Waals surface area contributed by atoms with Gasteiger partial charge in [0.1, 0.15) is 11.5 Å². The van der Waals surface area contributed by atoms with Crippen molar-refractivity contribution in [1.82, 2.24) is 9.97 Å². The lowest BCUT2D eigenvalue weighted by Crippen LogP contribution is -2.32. The molecule has 0 fully saturated rings. The van der Waals surface area contributed by atoms with E-state index >= 15 is 0 Å². The van der Waals surface area contributed by atoms with Crippen molar-refractivity contribution in [3.05, 3.63) is 216 Å². The molecule has 1 spiro atoms. The molecule has 0 radical (unpaired) electrons. The Balaban J connectivity index is 1.11. The van der Waals surface area contributed by atoms with Gasteiger partial charge in [0.2, 0.25) is 0 Å². The number of rotatable bonds is 4. The number of para-hydroxylation sites is 2. The van der Waals surface area contributed by atoms with E-state index in [1.54, 1.807) is 0 Å². The predicted molar refractivity (Wildman–Crippen MR) is 219 cm³/mol. The van der Waals surface area contributed by atoms with Crippen LogP contribution in [0.5, 0.6) is 11.5 Å². The first-order valence-corrected chi connectivity index (χ1v) is 18.4. The molecule has 3 nitrogen and oxygen atoms in total. The van der Waals surface area contributed by atoms with Crippen molar-refractivity contribution in [3.63, 3.8) is 0 Å². The molecule has 252 valence electrons. The molecule has 2 aliphatic rings. The fourth-order valence-corrected chi connectivity index (χ4v) is 8.85. The molecule has 1 aliphatic heterocycles. The average Bonchev–Trinajstić information content (AvgIpc) is 3.54. The second kappa shape index (κ2) is 12.0. The normalized spacial score (nSPS) is 13.1. The summed E-state index contributed by atoms with van der Waals surface area (Å²) in [6.45, 7) is 0. The van der Waals surface area contributed by atoms with E-state index in [0.717, 1.165) is 67.2 Å². The maximum Gasteiger partial charge on any atom is 0.160 e. The molecular formula is C51H32N2O. The molecule has 0 unspecified atom stereocenters. The highest BCUT2D eigenvalue weighted by Crippen LogP contribution is 2.63. The second-order valence-electron chi connectivity index (χ2n) is 14.1. The number of ether oxygens (including phenoxy) is 1. The average molecular weight is 689 g/mol. The van der Waals surface area contributed by atoms with Crippen molar-refractivity contribution in [2.45, 2.75) is 5.41 Å². The first kappa shape index (κ1) is 30.5. The monoisotopic (exact) mass is 688 g/mol. The van der Waals surface area contributed by atoms with E-state index in [9.17, 15) is 0 Å². The van der Waals surface area contributed by atoms with Crippen LogP contribution < -0.4 is 4.74 Å². The third-order valence-corrected chi connectivity index (χ3v) is 11.2. The predicted octanol–water partition coefficient (Wildman–Crippen LogP) is 12.8. The van der Waals surface area contributed by atoms with Gasteiger partial charge in [0.25, 0.3) is 0 Å². The Bertz CT molecular complexity index is 2880. The van der Waals surface area contributed by atoms with Gasteiger partial charge < -0.3 is 4.74 Å². The van der Waals surface area contributed by atoms with Crippen LogP contribution in [0.15, 0.2) is 194 Å². The molecule has 8 aromatic carbocycles. The van der Waals surface area contributed by atoms with Crippen molar-refractivity contribution in [3.8, 4) is 67.7 Å². The van der Waals surface area contributed by atoms with E-state index in [1.807, 2.05) is 6.07 Å². The molecule has 9 aromatic rings. The number of hydrogen-bond acceptors (Lipinski definition) is 3. The van der Waals surface area contributed by atoms with E-state index in [1.165, 1.54) is 27.6 Å². The van der Waals surface area contributed by atoms with Gasteiger partial charge in [0, 0.05) is 33.4 Å². The fourth-order valence-electron chi connectivity index (χ4n) is 8.85. The van der Waals surface area contributed by atoms with Crippen molar-refractivity contribution < 1.29 is 4.74 Å². The van der Waals surface area contributed by atoms with Gasteiger partial charge >= 0.3 is 0 Å². The summed E-state index contributed by atoms with van der Waals surface area (Å²) in [5, 5.41) is 2.34.